The van der Waals surface area contributed by atoms with Crippen LogP contribution in [0.5, 0.6) is 0 Å². The fourth-order valence-corrected chi connectivity index (χ4v) is 2.23. The van der Waals surface area contributed by atoms with Crippen LogP contribution < -0.4 is 5.32 Å². The minimum Gasteiger partial charge on any atom is -0.393 e. The number of nitrogens with zero attached hydrogens (tertiary/aromatic N) is 2. The molecule has 0 saturated heterocycles. The van der Waals surface area contributed by atoms with Crippen molar-refractivity contribution in [3.63, 3.8) is 0 Å². The normalized spacial score (nSPS) is 19.3. The molecule has 0 spiro atoms. The molecule has 1 aliphatic carbocycles. The maximum atomic E-state index is 11.7. The zero-order valence-electron chi connectivity index (χ0n) is 9.66. The van der Waals surface area contributed by atoms with Gasteiger partial charge in [-0.25, -0.2) is 0 Å². The van der Waals surface area contributed by atoms with E-state index < -0.39 is 0 Å². The second-order valence-corrected chi connectivity index (χ2v) is 4.07. The molecule has 1 atom stereocenters. The average molecular weight is 223 g/mol. The van der Waals surface area contributed by atoms with Crippen LogP contribution in [0, 0.1) is 0 Å². The van der Waals surface area contributed by atoms with Gasteiger partial charge in [0.05, 0.1) is 6.10 Å². The van der Waals surface area contributed by atoms with Crippen molar-refractivity contribution >= 4 is 5.91 Å². The van der Waals surface area contributed by atoms with E-state index in [1.807, 2.05) is 11.6 Å². The number of aliphatic hydroxyl groups excluding tert-OH is 1. The van der Waals surface area contributed by atoms with Gasteiger partial charge >= 0.3 is 0 Å². The summed E-state index contributed by atoms with van der Waals surface area (Å²) in [6, 6.07) is 0. The first-order valence-electron chi connectivity index (χ1n) is 5.66. The molecule has 5 nitrogen and oxygen atoms in total. The summed E-state index contributed by atoms with van der Waals surface area (Å²) in [6.07, 6.45) is 1.75. The highest BCUT2D eigenvalue weighted by molar-refractivity contribution is 5.93. The smallest absolute Gasteiger partial charge is 0.271 e. The molecular formula is C11H17N3O2. The van der Waals surface area contributed by atoms with E-state index in [2.05, 4.69) is 10.4 Å². The number of rotatable bonds is 2. The van der Waals surface area contributed by atoms with E-state index in [0.717, 1.165) is 30.6 Å². The largest absolute Gasteiger partial charge is 0.393 e. The lowest BCUT2D eigenvalue weighted by Crippen LogP contribution is -2.24. The van der Waals surface area contributed by atoms with Gasteiger partial charge in [-0.15, -0.1) is 0 Å². The Hall–Kier alpha value is -1.36. The molecule has 0 bridgehead atoms. The van der Waals surface area contributed by atoms with Crippen LogP contribution in [0.25, 0.3) is 0 Å². The summed E-state index contributed by atoms with van der Waals surface area (Å²) in [6.45, 7) is 2.77. The van der Waals surface area contributed by atoms with Gasteiger partial charge in [-0.05, 0) is 19.8 Å². The third-order valence-corrected chi connectivity index (χ3v) is 3.06. The fourth-order valence-electron chi connectivity index (χ4n) is 2.23. The van der Waals surface area contributed by atoms with Gasteiger partial charge in [0.15, 0.2) is 5.69 Å². The third-order valence-electron chi connectivity index (χ3n) is 3.06. The number of amides is 1. The Labute approximate surface area is 94.5 Å². The molecule has 0 fully saturated rings. The van der Waals surface area contributed by atoms with Crippen molar-refractivity contribution in [2.45, 2.75) is 38.8 Å². The molecule has 1 unspecified atom stereocenters. The van der Waals surface area contributed by atoms with Gasteiger partial charge in [0, 0.05) is 31.3 Å². The van der Waals surface area contributed by atoms with Crippen LogP contribution >= 0.6 is 0 Å². The number of carbonyl (C=O) groups is 1. The third kappa shape index (κ3) is 1.71. The second-order valence-electron chi connectivity index (χ2n) is 4.07. The van der Waals surface area contributed by atoms with E-state index in [1.54, 1.807) is 7.05 Å². The lowest BCUT2D eigenvalue weighted by molar-refractivity contribution is 0.0955. The number of fused-ring (bicyclic) bond motifs is 1. The van der Waals surface area contributed by atoms with Crippen LogP contribution in [-0.4, -0.2) is 33.9 Å². The van der Waals surface area contributed by atoms with Gasteiger partial charge < -0.3 is 10.4 Å². The molecule has 1 aromatic heterocycles. The first-order valence-corrected chi connectivity index (χ1v) is 5.66. The molecule has 0 aliphatic heterocycles. The topological polar surface area (TPSA) is 67.2 Å². The summed E-state index contributed by atoms with van der Waals surface area (Å²) >= 11 is 0. The molecule has 2 N–H and O–H groups in total. The number of aromatic nitrogens is 2. The molecule has 88 valence electrons. The quantitative estimate of drug-likeness (QED) is 0.748. The van der Waals surface area contributed by atoms with Crippen molar-refractivity contribution in [2.75, 3.05) is 7.05 Å². The highest BCUT2D eigenvalue weighted by Gasteiger charge is 2.27. The maximum Gasteiger partial charge on any atom is 0.271 e. The lowest BCUT2D eigenvalue weighted by atomic mass is 9.93. The maximum absolute atomic E-state index is 11.7. The molecule has 5 heteroatoms. The van der Waals surface area contributed by atoms with E-state index in [4.69, 9.17) is 0 Å². The summed E-state index contributed by atoms with van der Waals surface area (Å²) in [5.74, 6) is -0.169. The predicted molar refractivity (Wildman–Crippen MR) is 59.3 cm³/mol. The minimum atomic E-state index is -0.342. The molecule has 0 saturated carbocycles. The van der Waals surface area contributed by atoms with Crippen molar-refractivity contribution in [2.24, 2.45) is 0 Å². The Morgan fingerprint density at radius 2 is 2.44 bits per heavy atom. The Balaban J connectivity index is 2.46. The summed E-state index contributed by atoms with van der Waals surface area (Å²) in [7, 11) is 1.60. The summed E-state index contributed by atoms with van der Waals surface area (Å²) in [4.78, 5) is 11.7. The molecule has 1 aliphatic rings. The molecule has 0 radical (unpaired) electrons. The standard InChI is InChI=1S/C11H17N3O2/c1-3-14-9-5-4-7(15)6-8(9)10(13-14)11(16)12-2/h7,15H,3-6H2,1-2H3,(H,12,16). The monoisotopic (exact) mass is 223 g/mol. The van der Waals surface area contributed by atoms with E-state index in [-0.39, 0.29) is 12.0 Å². The van der Waals surface area contributed by atoms with Gasteiger partial charge in [-0.1, -0.05) is 0 Å². The zero-order chi connectivity index (χ0) is 11.7. The van der Waals surface area contributed by atoms with Crippen LogP contribution in [0.4, 0.5) is 0 Å². The molecule has 1 heterocycles. The van der Waals surface area contributed by atoms with Crippen LogP contribution in [0.2, 0.25) is 0 Å². The number of hydrogen-bond acceptors (Lipinski definition) is 3. The van der Waals surface area contributed by atoms with Gasteiger partial charge in [-0.2, -0.15) is 5.10 Å². The van der Waals surface area contributed by atoms with E-state index in [0.29, 0.717) is 12.1 Å². The van der Waals surface area contributed by atoms with Crippen molar-refractivity contribution in [3.05, 3.63) is 17.0 Å². The van der Waals surface area contributed by atoms with Gasteiger partial charge in [0.2, 0.25) is 0 Å². The first kappa shape index (κ1) is 11.1. The number of carbonyl (C=O) groups excluding carboxylic acids is 1. The van der Waals surface area contributed by atoms with Crippen LogP contribution in [-0.2, 0) is 19.4 Å². The Kier molecular flexibility index (Phi) is 2.96. The summed E-state index contributed by atoms with van der Waals surface area (Å²) < 4.78 is 1.87. The predicted octanol–water partition coefficient (Wildman–Crippen LogP) is 0.112. The minimum absolute atomic E-state index is 0.169. The Bertz CT molecular complexity index is 412. The Morgan fingerprint density at radius 1 is 1.69 bits per heavy atom. The molecule has 16 heavy (non-hydrogen) atoms. The van der Waals surface area contributed by atoms with Gasteiger partial charge in [0.25, 0.3) is 5.91 Å². The molecule has 2 rings (SSSR count). The molecule has 1 amide bonds. The van der Waals surface area contributed by atoms with E-state index in [9.17, 15) is 9.90 Å². The SMILES string of the molecule is CCn1nc(C(=O)NC)c2c1CCC(O)C2. The van der Waals surface area contributed by atoms with E-state index in [1.165, 1.54) is 0 Å². The highest BCUT2D eigenvalue weighted by atomic mass is 16.3. The van der Waals surface area contributed by atoms with Crippen molar-refractivity contribution in [1.82, 2.24) is 15.1 Å². The number of aryl methyl sites for hydroxylation is 1. The van der Waals surface area contributed by atoms with Gasteiger partial charge in [-0.3, -0.25) is 9.48 Å². The van der Waals surface area contributed by atoms with Crippen LogP contribution in [0.3, 0.4) is 0 Å². The highest BCUT2D eigenvalue weighted by Crippen LogP contribution is 2.24. The lowest BCUT2D eigenvalue weighted by Gasteiger charge is -2.18. The van der Waals surface area contributed by atoms with Crippen molar-refractivity contribution in [3.8, 4) is 0 Å². The number of nitrogens with one attached hydrogen (secondary N) is 1. The molecule has 0 aromatic carbocycles. The van der Waals surface area contributed by atoms with E-state index >= 15 is 0 Å². The number of aliphatic hydroxyl groups is 1. The number of hydrogen-bond donors (Lipinski definition) is 2. The summed E-state index contributed by atoms with van der Waals surface area (Å²) in [5.41, 5.74) is 2.49. The fraction of sp³-hybridized carbons (Fsp3) is 0.636. The molecular weight excluding hydrogens is 206 g/mol. The van der Waals surface area contributed by atoms with Crippen LogP contribution in [0.15, 0.2) is 0 Å². The molecule has 1 aromatic rings. The van der Waals surface area contributed by atoms with Crippen LogP contribution in [0.1, 0.15) is 35.1 Å². The average Bonchev–Trinajstić information content (AvgIpc) is 2.66. The summed E-state index contributed by atoms with van der Waals surface area (Å²) in [5, 5.41) is 16.5. The second kappa shape index (κ2) is 4.25. The van der Waals surface area contributed by atoms with Crippen molar-refractivity contribution < 1.29 is 9.90 Å². The van der Waals surface area contributed by atoms with Gasteiger partial charge in [0.1, 0.15) is 0 Å². The Morgan fingerprint density at radius 3 is 3.06 bits per heavy atom. The van der Waals surface area contributed by atoms with Crippen molar-refractivity contribution in [1.29, 1.82) is 0 Å². The first-order chi connectivity index (χ1) is 7.67. The zero-order valence-corrected chi connectivity index (χ0v) is 9.66.